The zero-order chi connectivity index (χ0) is 15.4. The molecule has 0 saturated carbocycles. The molecule has 0 atom stereocenters. The smallest absolute Gasteiger partial charge is 0.270 e. The van der Waals surface area contributed by atoms with Gasteiger partial charge in [0.25, 0.3) is 5.69 Å². The second-order valence-corrected chi connectivity index (χ2v) is 5.04. The molecule has 0 aliphatic heterocycles. The summed E-state index contributed by atoms with van der Waals surface area (Å²) >= 11 is 0. The van der Waals surface area contributed by atoms with Gasteiger partial charge in [-0.3, -0.25) is 10.1 Å². The first-order valence-electron chi connectivity index (χ1n) is 6.67. The van der Waals surface area contributed by atoms with Crippen LogP contribution in [0.4, 0.5) is 5.69 Å². The molecule has 110 valence electrons. The van der Waals surface area contributed by atoms with Crippen LogP contribution >= 0.6 is 0 Å². The van der Waals surface area contributed by atoms with Gasteiger partial charge in [0, 0.05) is 24.2 Å². The van der Waals surface area contributed by atoms with Crippen LogP contribution in [0.1, 0.15) is 22.3 Å². The van der Waals surface area contributed by atoms with Gasteiger partial charge in [0.2, 0.25) is 0 Å². The van der Waals surface area contributed by atoms with Crippen molar-refractivity contribution >= 4 is 5.69 Å². The Balaban J connectivity index is 2.17. The summed E-state index contributed by atoms with van der Waals surface area (Å²) in [5, 5.41) is 10.8. The van der Waals surface area contributed by atoms with Gasteiger partial charge >= 0.3 is 0 Å². The average Bonchev–Trinajstić information content (AvgIpc) is 2.43. The van der Waals surface area contributed by atoms with Crippen LogP contribution in [0, 0.1) is 24.0 Å². The fourth-order valence-corrected chi connectivity index (χ4v) is 2.29. The van der Waals surface area contributed by atoms with Crippen molar-refractivity contribution in [3.05, 3.63) is 68.8 Å². The molecular weight excluding hydrogens is 268 g/mol. The third kappa shape index (κ3) is 3.79. The van der Waals surface area contributed by atoms with Crippen LogP contribution in [0.25, 0.3) is 0 Å². The van der Waals surface area contributed by atoms with Crippen LogP contribution in [-0.2, 0) is 13.2 Å². The summed E-state index contributed by atoms with van der Waals surface area (Å²) < 4.78 is 5.76. The number of nitrogens with two attached hydrogens (primary N) is 1. The number of aryl methyl sites for hydroxylation is 2. The van der Waals surface area contributed by atoms with Gasteiger partial charge < -0.3 is 10.5 Å². The molecule has 2 N–H and O–H groups in total. The van der Waals surface area contributed by atoms with Gasteiger partial charge in [0.05, 0.1) is 4.92 Å². The number of hydrogen-bond acceptors (Lipinski definition) is 4. The summed E-state index contributed by atoms with van der Waals surface area (Å²) in [6, 6.07) is 10.7. The molecule has 2 aromatic carbocycles. The molecule has 2 aromatic rings. The number of ether oxygens (including phenoxy) is 1. The first-order chi connectivity index (χ1) is 9.99. The molecule has 21 heavy (non-hydrogen) atoms. The van der Waals surface area contributed by atoms with E-state index in [0.717, 1.165) is 5.56 Å². The second-order valence-electron chi connectivity index (χ2n) is 5.04. The van der Waals surface area contributed by atoms with Gasteiger partial charge in [-0.25, -0.2) is 0 Å². The molecule has 0 unspecified atom stereocenters. The van der Waals surface area contributed by atoms with E-state index in [4.69, 9.17) is 10.5 Å². The number of non-ortho nitro benzene ring substituents is 1. The molecule has 0 spiro atoms. The third-order valence-corrected chi connectivity index (χ3v) is 3.15. The fourth-order valence-electron chi connectivity index (χ4n) is 2.29. The Morgan fingerprint density at radius 2 is 1.81 bits per heavy atom. The summed E-state index contributed by atoms with van der Waals surface area (Å²) in [4.78, 5) is 10.3. The summed E-state index contributed by atoms with van der Waals surface area (Å²) in [5.74, 6) is 0.585. The molecule has 0 heterocycles. The monoisotopic (exact) mass is 286 g/mol. The first kappa shape index (κ1) is 15.0. The maximum absolute atomic E-state index is 10.8. The van der Waals surface area contributed by atoms with E-state index in [2.05, 4.69) is 18.2 Å². The van der Waals surface area contributed by atoms with Crippen molar-refractivity contribution in [2.45, 2.75) is 27.0 Å². The van der Waals surface area contributed by atoms with Gasteiger partial charge in [0.15, 0.2) is 0 Å². The van der Waals surface area contributed by atoms with Gasteiger partial charge in [-0.15, -0.1) is 0 Å². The predicted octanol–water partition coefficient (Wildman–Crippen LogP) is 3.25. The molecule has 0 aliphatic carbocycles. The lowest BCUT2D eigenvalue weighted by Crippen LogP contribution is -2.04. The van der Waals surface area contributed by atoms with Crippen molar-refractivity contribution in [1.82, 2.24) is 0 Å². The van der Waals surface area contributed by atoms with Crippen LogP contribution in [-0.4, -0.2) is 4.92 Å². The average molecular weight is 286 g/mol. The molecule has 0 fully saturated rings. The molecular formula is C16H18N2O3. The standard InChI is InChI=1S/C16H18N2O3/c1-11-5-12(2)7-13(6-11)10-21-16-4-3-15(18(19)20)8-14(16)9-17/h3-8H,9-10,17H2,1-2H3. The van der Waals surface area contributed by atoms with Gasteiger partial charge in [0.1, 0.15) is 12.4 Å². The van der Waals surface area contributed by atoms with Crippen molar-refractivity contribution in [3.63, 3.8) is 0 Å². The van der Waals surface area contributed by atoms with Crippen molar-refractivity contribution in [3.8, 4) is 5.75 Å². The van der Waals surface area contributed by atoms with E-state index in [0.29, 0.717) is 17.9 Å². The minimum absolute atomic E-state index is 0.0224. The van der Waals surface area contributed by atoms with Crippen molar-refractivity contribution in [2.24, 2.45) is 5.73 Å². The summed E-state index contributed by atoms with van der Waals surface area (Å²) in [7, 11) is 0. The molecule has 0 radical (unpaired) electrons. The normalized spacial score (nSPS) is 10.4. The summed E-state index contributed by atoms with van der Waals surface area (Å²) in [6.45, 7) is 4.68. The van der Waals surface area contributed by atoms with Crippen LogP contribution < -0.4 is 10.5 Å². The van der Waals surface area contributed by atoms with Crippen LogP contribution in [0.5, 0.6) is 5.75 Å². The van der Waals surface area contributed by atoms with E-state index in [1.165, 1.54) is 23.3 Å². The van der Waals surface area contributed by atoms with E-state index in [1.54, 1.807) is 6.07 Å². The van der Waals surface area contributed by atoms with E-state index in [1.807, 2.05) is 13.8 Å². The molecule has 5 heteroatoms. The molecule has 0 bridgehead atoms. The molecule has 5 nitrogen and oxygen atoms in total. The van der Waals surface area contributed by atoms with Crippen molar-refractivity contribution in [2.75, 3.05) is 0 Å². The van der Waals surface area contributed by atoms with Gasteiger partial charge in [-0.2, -0.15) is 0 Å². The Labute approximate surface area is 123 Å². The lowest BCUT2D eigenvalue weighted by molar-refractivity contribution is -0.384. The molecule has 0 aliphatic rings. The Hall–Kier alpha value is -2.40. The molecule has 0 saturated heterocycles. The van der Waals surface area contributed by atoms with Crippen LogP contribution in [0.2, 0.25) is 0 Å². The van der Waals surface area contributed by atoms with Gasteiger partial charge in [-0.1, -0.05) is 29.3 Å². The predicted molar refractivity (Wildman–Crippen MR) is 81.2 cm³/mol. The number of nitro benzene ring substituents is 1. The Morgan fingerprint density at radius 1 is 1.14 bits per heavy atom. The maximum atomic E-state index is 10.8. The largest absolute Gasteiger partial charge is 0.489 e. The highest BCUT2D eigenvalue weighted by Gasteiger charge is 2.11. The SMILES string of the molecule is Cc1cc(C)cc(COc2ccc([N+](=O)[O-])cc2CN)c1. The fraction of sp³-hybridized carbons (Fsp3) is 0.250. The molecule has 0 amide bonds. The highest BCUT2D eigenvalue weighted by Crippen LogP contribution is 2.25. The van der Waals surface area contributed by atoms with Crippen LogP contribution in [0.15, 0.2) is 36.4 Å². The number of nitro groups is 1. The first-order valence-corrected chi connectivity index (χ1v) is 6.67. The molecule has 0 aromatic heterocycles. The number of benzene rings is 2. The van der Waals surface area contributed by atoms with Gasteiger partial charge in [-0.05, 0) is 25.5 Å². The minimum atomic E-state index is -0.438. The highest BCUT2D eigenvalue weighted by atomic mass is 16.6. The Kier molecular flexibility index (Phi) is 4.55. The lowest BCUT2D eigenvalue weighted by Gasteiger charge is -2.11. The minimum Gasteiger partial charge on any atom is -0.489 e. The maximum Gasteiger partial charge on any atom is 0.270 e. The zero-order valence-corrected chi connectivity index (χ0v) is 12.1. The molecule has 2 rings (SSSR count). The number of rotatable bonds is 5. The second kappa shape index (κ2) is 6.37. The van der Waals surface area contributed by atoms with E-state index in [9.17, 15) is 10.1 Å². The van der Waals surface area contributed by atoms with Crippen LogP contribution in [0.3, 0.4) is 0 Å². The quantitative estimate of drug-likeness (QED) is 0.676. The van der Waals surface area contributed by atoms with Crippen molar-refractivity contribution < 1.29 is 9.66 Å². The Bertz CT molecular complexity index is 648. The number of nitrogens with zero attached hydrogens (tertiary/aromatic N) is 1. The topological polar surface area (TPSA) is 78.4 Å². The number of hydrogen-bond donors (Lipinski definition) is 1. The highest BCUT2D eigenvalue weighted by molar-refractivity contribution is 5.44. The zero-order valence-electron chi connectivity index (χ0n) is 12.1. The third-order valence-electron chi connectivity index (χ3n) is 3.15. The Morgan fingerprint density at radius 3 is 2.38 bits per heavy atom. The van der Waals surface area contributed by atoms with E-state index >= 15 is 0 Å². The van der Waals surface area contributed by atoms with E-state index < -0.39 is 4.92 Å². The van der Waals surface area contributed by atoms with Crippen molar-refractivity contribution in [1.29, 1.82) is 0 Å². The lowest BCUT2D eigenvalue weighted by atomic mass is 10.1. The van der Waals surface area contributed by atoms with E-state index in [-0.39, 0.29) is 12.2 Å². The summed E-state index contributed by atoms with van der Waals surface area (Å²) in [6.07, 6.45) is 0. The summed E-state index contributed by atoms with van der Waals surface area (Å²) in [5.41, 5.74) is 9.71.